The Morgan fingerprint density at radius 3 is 2.53 bits per heavy atom. The van der Waals surface area contributed by atoms with Crippen LogP contribution in [0.2, 0.25) is 0 Å². The molecule has 0 aromatic rings. The lowest BCUT2D eigenvalue weighted by Crippen LogP contribution is -2.47. The lowest BCUT2D eigenvalue weighted by molar-refractivity contribution is 0.159. The van der Waals surface area contributed by atoms with Crippen LogP contribution in [0.3, 0.4) is 0 Å². The van der Waals surface area contributed by atoms with Crippen LogP contribution in [-0.2, 0) is 9.47 Å². The molecule has 0 radical (unpaired) electrons. The summed E-state index contributed by atoms with van der Waals surface area (Å²) in [6.45, 7) is 3.06. The van der Waals surface area contributed by atoms with E-state index in [2.05, 4.69) is 15.3 Å². The Balaban J connectivity index is 2.45. The predicted molar refractivity (Wildman–Crippen MR) is 67.7 cm³/mol. The number of hydrazine groups is 1. The summed E-state index contributed by atoms with van der Waals surface area (Å²) in [5, 5.41) is 0. The van der Waals surface area contributed by atoms with Crippen LogP contribution in [0.1, 0.15) is 19.3 Å². The summed E-state index contributed by atoms with van der Waals surface area (Å²) in [4.78, 5) is 6.66. The van der Waals surface area contributed by atoms with Crippen molar-refractivity contribution in [3.63, 3.8) is 0 Å². The van der Waals surface area contributed by atoms with Gasteiger partial charge in [0, 0.05) is 33.9 Å². The molecule has 1 aliphatic carbocycles. The van der Waals surface area contributed by atoms with Gasteiger partial charge < -0.3 is 14.4 Å². The third-order valence-corrected chi connectivity index (χ3v) is 2.62. The molecule has 1 saturated carbocycles. The Morgan fingerprint density at radius 1 is 1.29 bits per heavy atom. The van der Waals surface area contributed by atoms with Crippen LogP contribution in [0.25, 0.3) is 0 Å². The van der Waals surface area contributed by atoms with Crippen LogP contribution < -0.4 is 11.3 Å². The van der Waals surface area contributed by atoms with E-state index in [4.69, 9.17) is 15.3 Å². The minimum Gasteiger partial charge on any atom is -0.385 e. The van der Waals surface area contributed by atoms with Gasteiger partial charge in [-0.3, -0.25) is 5.43 Å². The number of rotatable bonds is 8. The number of methoxy groups -OCH3 is 2. The zero-order chi connectivity index (χ0) is 12.5. The smallest absolute Gasteiger partial charge is 0.208 e. The van der Waals surface area contributed by atoms with Gasteiger partial charge in [0.15, 0.2) is 0 Å². The molecule has 6 nitrogen and oxygen atoms in total. The number of guanidine groups is 1. The van der Waals surface area contributed by atoms with Crippen LogP contribution in [0, 0.1) is 0 Å². The van der Waals surface area contributed by atoms with Crippen LogP contribution >= 0.6 is 0 Å². The van der Waals surface area contributed by atoms with Crippen molar-refractivity contribution in [3.8, 4) is 0 Å². The molecule has 1 aliphatic rings. The van der Waals surface area contributed by atoms with Crippen molar-refractivity contribution < 1.29 is 9.47 Å². The van der Waals surface area contributed by atoms with Gasteiger partial charge in [0.25, 0.3) is 0 Å². The van der Waals surface area contributed by atoms with Crippen molar-refractivity contribution >= 4 is 5.96 Å². The molecule has 17 heavy (non-hydrogen) atoms. The second-order valence-corrected chi connectivity index (χ2v) is 4.15. The van der Waals surface area contributed by atoms with Crippen LogP contribution in [0.4, 0.5) is 0 Å². The Morgan fingerprint density at radius 2 is 2.00 bits per heavy atom. The van der Waals surface area contributed by atoms with Gasteiger partial charge in [-0.05, 0) is 19.3 Å². The molecule has 0 amide bonds. The average molecular weight is 244 g/mol. The van der Waals surface area contributed by atoms with E-state index < -0.39 is 0 Å². The molecule has 3 N–H and O–H groups in total. The van der Waals surface area contributed by atoms with Gasteiger partial charge in [-0.25, -0.2) is 10.8 Å². The molecule has 0 aromatic heterocycles. The van der Waals surface area contributed by atoms with E-state index in [1.54, 1.807) is 14.2 Å². The van der Waals surface area contributed by atoms with Gasteiger partial charge in [0.1, 0.15) is 0 Å². The van der Waals surface area contributed by atoms with E-state index >= 15 is 0 Å². The fourth-order valence-electron chi connectivity index (χ4n) is 1.51. The van der Waals surface area contributed by atoms with Gasteiger partial charge >= 0.3 is 0 Å². The minimum atomic E-state index is 0.452. The number of nitrogens with two attached hydrogens (primary N) is 1. The third kappa shape index (κ3) is 5.86. The van der Waals surface area contributed by atoms with Crippen molar-refractivity contribution in [2.45, 2.75) is 25.3 Å². The first kappa shape index (κ1) is 14.2. The average Bonchev–Trinajstić information content (AvgIpc) is 3.15. The minimum absolute atomic E-state index is 0.452. The van der Waals surface area contributed by atoms with Crippen LogP contribution in [0.5, 0.6) is 0 Å². The molecule has 100 valence electrons. The third-order valence-electron chi connectivity index (χ3n) is 2.62. The normalized spacial score (nSPS) is 16.1. The molecule has 1 rings (SSSR count). The number of aliphatic imine (C=N–C) groups is 1. The number of nitrogens with one attached hydrogen (secondary N) is 1. The molecule has 6 heteroatoms. The largest absolute Gasteiger partial charge is 0.385 e. The van der Waals surface area contributed by atoms with E-state index in [1.165, 1.54) is 12.8 Å². The van der Waals surface area contributed by atoms with Crippen molar-refractivity contribution in [1.29, 1.82) is 0 Å². The Kier molecular flexibility index (Phi) is 6.91. The fourth-order valence-corrected chi connectivity index (χ4v) is 1.51. The van der Waals surface area contributed by atoms with Crippen molar-refractivity contribution in [2.24, 2.45) is 10.8 Å². The summed E-state index contributed by atoms with van der Waals surface area (Å²) in [6.07, 6.45) is 3.29. The lowest BCUT2D eigenvalue weighted by Gasteiger charge is -2.25. The van der Waals surface area contributed by atoms with Gasteiger partial charge in [0.2, 0.25) is 5.96 Å². The summed E-state index contributed by atoms with van der Waals surface area (Å²) in [5.41, 5.74) is 2.69. The highest BCUT2D eigenvalue weighted by atomic mass is 16.5. The molecule has 0 aliphatic heterocycles. The summed E-state index contributed by atoms with van der Waals surface area (Å²) in [7, 11) is 3.40. The molecular formula is C11H24N4O2. The highest BCUT2D eigenvalue weighted by molar-refractivity contribution is 5.79. The molecular weight excluding hydrogens is 220 g/mol. The van der Waals surface area contributed by atoms with Crippen LogP contribution in [0.15, 0.2) is 4.99 Å². The lowest BCUT2D eigenvalue weighted by atomic mass is 10.4. The Bertz CT molecular complexity index is 232. The zero-order valence-corrected chi connectivity index (χ0v) is 10.8. The molecule has 0 heterocycles. The molecule has 0 unspecified atom stereocenters. The van der Waals surface area contributed by atoms with E-state index in [-0.39, 0.29) is 0 Å². The van der Waals surface area contributed by atoms with E-state index in [0.29, 0.717) is 12.6 Å². The molecule has 0 atom stereocenters. The monoisotopic (exact) mass is 244 g/mol. The number of nitrogens with zero attached hydrogens (tertiary/aromatic N) is 2. The topological polar surface area (TPSA) is 72.1 Å². The first-order chi connectivity index (χ1) is 8.31. The summed E-state index contributed by atoms with van der Waals surface area (Å²) in [6, 6.07) is 0.452. The number of hydrogen-bond donors (Lipinski definition) is 2. The standard InChI is InChI=1S/C11H24N4O2/c1-16-8-3-6-15(7-9-17-2)11(14-12)13-10-4-5-10/h10H,3-9,12H2,1-2H3,(H,13,14). The molecule has 0 spiro atoms. The number of ether oxygens (including phenoxy) is 2. The second-order valence-electron chi connectivity index (χ2n) is 4.15. The van der Waals surface area contributed by atoms with Gasteiger partial charge in [-0.2, -0.15) is 0 Å². The van der Waals surface area contributed by atoms with Crippen LogP contribution in [-0.4, -0.2) is 57.4 Å². The number of hydrogen-bond acceptors (Lipinski definition) is 4. The predicted octanol–water partition coefficient (Wildman–Crippen LogP) is -0.0470. The SMILES string of the molecule is COCCCN(CCOC)C(=NC1CC1)NN. The fraction of sp³-hybridized carbons (Fsp3) is 0.909. The maximum absolute atomic E-state index is 5.53. The highest BCUT2D eigenvalue weighted by Crippen LogP contribution is 2.23. The van der Waals surface area contributed by atoms with Crippen molar-refractivity contribution in [2.75, 3.05) is 40.5 Å². The molecule has 0 bridgehead atoms. The van der Waals surface area contributed by atoms with Crippen molar-refractivity contribution in [1.82, 2.24) is 10.3 Å². The van der Waals surface area contributed by atoms with E-state index in [0.717, 1.165) is 32.1 Å². The summed E-state index contributed by atoms with van der Waals surface area (Å²) in [5.74, 6) is 6.30. The Labute approximate surface area is 103 Å². The first-order valence-corrected chi connectivity index (χ1v) is 6.09. The highest BCUT2D eigenvalue weighted by Gasteiger charge is 2.22. The van der Waals surface area contributed by atoms with Gasteiger partial charge in [-0.15, -0.1) is 0 Å². The summed E-state index contributed by atoms with van der Waals surface area (Å²) < 4.78 is 10.2. The Hall–Kier alpha value is -0.850. The van der Waals surface area contributed by atoms with Gasteiger partial charge in [-0.1, -0.05) is 0 Å². The first-order valence-electron chi connectivity index (χ1n) is 6.09. The zero-order valence-electron chi connectivity index (χ0n) is 10.8. The van der Waals surface area contributed by atoms with E-state index in [1.807, 2.05) is 0 Å². The second kappa shape index (κ2) is 8.27. The van der Waals surface area contributed by atoms with Crippen molar-refractivity contribution in [3.05, 3.63) is 0 Å². The molecule has 0 saturated heterocycles. The van der Waals surface area contributed by atoms with Gasteiger partial charge in [0.05, 0.1) is 12.6 Å². The molecule has 1 fully saturated rings. The van der Waals surface area contributed by atoms with E-state index in [9.17, 15) is 0 Å². The quantitative estimate of drug-likeness (QED) is 0.206. The maximum Gasteiger partial charge on any atom is 0.208 e. The molecule has 0 aromatic carbocycles. The maximum atomic E-state index is 5.53. The summed E-state index contributed by atoms with van der Waals surface area (Å²) >= 11 is 0.